The average molecular weight is 197 g/mol. The van der Waals surface area contributed by atoms with Crippen molar-refractivity contribution < 1.29 is 4.21 Å². The quantitative estimate of drug-likeness (QED) is 0.753. The van der Waals surface area contributed by atoms with E-state index < -0.39 is 10.8 Å². The van der Waals surface area contributed by atoms with Gasteiger partial charge in [-0.3, -0.25) is 4.21 Å². The second kappa shape index (κ2) is 3.41. The maximum Gasteiger partial charge on any atom is 0.145 e. The van der Waals surface area contributed by atoms with Crippen LogP contribution in [-0.4, -0.2) is 26.5 Å². The predicted molar refractivity (Wildman–Crippen MR) is 51.2 cm³/mol. The van der Waals surface area contributed by atoms with Crippen LogP contribution in [0.2, 0.25) is 0 Å². The van der Waals surface area contributed by atoms with Crippen molar-refractivity contribution in [2.24, 2.45) is 0 Å². The van der Waals surface area contributed by atoms with Gasteiger partial charge in [-0.2, -0.15) is 0 Å². The molecule has 1 aliphatic heterocycles. The summed E-state index contributed by atoms with van der Waals surface area (Å²) in [6.07, 6.45) is 2.34. The zero-order chi connectivity index (χ0) is 9.26. The van der Waals surface area contributed by atoms with Crippen LogP contribution >= 0.6 is 0 Å². The molecule has 0 radical (unpaired) electrons. The van der Waals surface area contributed by atoms with E-state index in [4.69, 9.17) is 0 Å². The molecular formula is C8H11N3OS. The Kier molecular flexibility index (Phi) is 2.26. The van der Waals surface area contributed by atoms with Crippen LogP contribution in [0.5, 0.6) is 0 Å². The van der Waals surface area contributed by atoms with Gasteiger partial charge in [0.25, 0.3) is 0 Å². The molecule has 2 rings (SSSR count). The third-order valence-corrected chi connectivity index (χ3v) is 3.43. The molecule has 0 spiro atoms. The SMILES string of the molecule is CCNc1ncnc2c1S(=O)CC2. The molecule has 1 unspecified atom stereocenters. The lowest BCUT2D eigenvalue weighted by Crippen LogP contribution is -2.04. The minimum absolute atomic E-state index is 0.687. The van der Waals surface area contributed by atoms with E-state index in [1.54, 1.807) is 0 Å². The maximum atomic E-state index is 11.6. The molecule has 70 valence electrons. The predicted octanol–water partition coefficient (Wildman–Crippen LogP) is 0.572. The molecule has 1 aliphatic rings. The third kappa shape index (κ3) is 1.44. The number of hydrogen-bond donors (Lipinski definition) is 1. The van der Waals surface area contributed by atoms with Crippen LogP contribution in [0.3, 0.4) is 0 Å². The largest absolute Gasteiger partial charge is 0.369 e. The summed E-state index contributed by atoms with van der Waals surface area (Å²) in [5, 5.41) is 3.09. The number of fused-ring (bicyclic) bond motifs is 1. The monoisotopic (exact) mass is 197 g/mol. The van der Waals surface area contributed by atoms with Crippen LogP contribution in [0.4, 0.5) is 5.82 Å². The fourth-order valence-corrected chi connectivity index (χ4v) is 2.75. The molecule has 0 saturated heterocycles. The highest BCUT2D eigenvalue weighted by atomic mass is 32.2. The molecule has 0 fully saturated rings. The van der Waals surface area contributed by atoms with E-state index in [-0.39, 0.29) is 0 Å². The Morgan fingerprint density at radius 1 is 1.62 bits per heavy atom. The molecule has 0 amide bonds. The zero-order valence-electron chi connectivity index (χ0n) is 7.41. The number of aromatic nitrogens is 2. The number of rotatable bonds is 2. The molecule has 13 heavy (non-hydrogen) atoms. The Labute approximate surface area is 79.2 Å². The molecule has 0 saturated carbocycles. The van der Waals surface area contributed by atoms with Crippen molar-refractivity contribution in [3.63, 3.8) is 0 Å². The zero-order valence-corrected chi connectivity index (χ0v) is 8.23. The maximum absolute atomic E-state index is 11.6. The number of nitrogens with zero attached hydrogens (tertiary/aromatic N) is 2. The molecule has 2 heterocycles. The first-order valence-electron chi connectivity index (χ1n) is 4.29. The van der Waals surface area contributed by atoms with Gasteiger partial charge < -0.3 is 5.32 Å². The van der Waals surface area contributed by atoms with Crippen LogP contribution in [-0.2, 0) is 17.2 Å². The fraction of sp³-hybridized carbons (Fsp3) is 0.500. The van der Waals surface area contributed by atoms with Crippen LogP contribution in [0.25, 0.3) is 0 Å². The Bertz CT molecular complexity index is 353. The summed E-state index contributed by atoms with van der Waals surface area (Å²) in [7, 11) is -0.898. The van der Waals surface area contributed by atoms with Gasteiger partial charge in [-0.1, -0.05) is 0 Å². The lowest BCUT2D eigenvalue weighted by Gasteiger charge is -2.05. The molecule has 1 aromatic rings. The fourth-order valence-electron chi connectivity index (χ4n) is 1.41. The van der Waals surface area contributed by atoms with Gasteiger partial charge in [0.05, 0.1) is 16.5 Å². The normalized spacial score (nSPS) is 19.9. The molecule has 5 heteroatoms. The van der Waals surface area contributed by atoms with E-state index in [9.17, 15) is 4.21 Å². The first kappa shape index (κ1) is 8.62. The minimum atomic E-state index is -0.898. The molecular weight excluding hydrogens is 186 g/mol. The standard InChI is InChI=1S/C8H11N3OS/c1-2-9-8-7-6(10-5-11-8)3-4-13(7)12/h5H,2-4H2,1H3,(H,9,10,11). The summed E-state index contributed by atoms with van der Waals surface area (Å²) in [5.41, 5.74) is 0.935. The van der Waals surface area contributed by atoms with Gasteiger partial charge in [-0.15, -0.1) is 0 Å². The van der Waals surface area contributed by atoms with Gasteiger partial charge >= 0.3 is 0 Å². The second-order valence-electron chi connectivity index (χ2n) is 2.83. The molecule has 0 aliphatic carbocycles. The number of aryl methyl sites for hydroxylation is 1. The van der Waals surface area contributed by atoms with E-state index in [0.29, 0.717) is 5.75 Å². The highest BCUT2D eigenvalue weighted by Gasteiger charge is 2.23. The molecule has 1 aromatic heterocycles. The number of hydrogen-bond acceptors (Lipinski definition) is 4. The Morgan fingerprint density at radius 3 is 3.23 bits per heavy atom. The van der Waals surface area contributed by atoms with E-state index in [1.807, 2.05) is 6.92 Å². The smallest absolute Gasteiger partial charge is 0.145 e. The lowest BCUT2D eigenvalue weighted by molar-refractivity contribution is 0.685. The van der Waals surface area contributed by atoms with Crippen molar-refractivity contribution in [2.75, 3.05) is 17.6 Å². The van der Waals surface area contributed by atoms with Crippen molar-refractivity contribution in [3.8, 4) is 0 Å². The van der Waals surface area contributed by atoms with E-state index >= 15 is 0 Å². The van der Waals surface area contributed by atoms with Crippen LogP contribution < -0.4 is 5.32 Å². The van der Waals surface area contributed by atoms with Gasteiger partial charge in [-0.25, -0.2) is 9.97 Å². The summed E-state index contributed by atoms with van der Waals surface area (Å²) < 4.78 is 11.6. The van der Waals surface area contributed by atoms with Gasteiger partial charge in [0.1, 0.15) is 17.0 Å². The van der Waals surface area contributed by atoms with Gasteiger partial charge in [0.15, 0.2) is 0 Å². The van der Waals surface area contributed by atoms with Crippen molar-refractivity contribution in [2.45, 2.75) is 18.2 Å². The third-order valence-electron chi connectivity index (χ3n) is 1.97. The topological polar surface area (TPSA) is 54.9 Å². The van der Waals surface area contributed by atoms with Crippen LogP contribution in [0, 0.1) is 0 Å². The van der Waals surface area contributed by atoms with Gasteiger partial charge in [0, 0.05) is 18.7 Å². The van der Waals surface area contributed by atoms with E-state index in [0.717, 1.165) is 29.4 Å². The van der Waals surface area contributed by atoms with Crippen molar-refractivity contribution in [3.05, 3.63) is 12.0 Å². The first-order valence-corrected chi connectivity index (χ1v) is 5.61. The summed E-state index contributed by atoms with van der Waals surface area (Å²) in [6, 6.07) is 0. The number of nitrogens with one attached hydrogen (secondary N) is 1. The lowest BCUT2D eigenvalue weighted by atomic mass is 10.3. The van der Waals surface area contributed by atoms with Crippen molar-refractivity contribution >= 4 is 16.6 Å². The van der Waals surface area contributed by atoms with Crippen LogP contribution in [0.1, 0.15) is 12.6 Å². The minimum Gasteiger partial charge on any atom is -0.369 e. The van der Waals surface area contributed by atoms with Crippen molar-refractivity contribution in [1.82, 2.24) is 9.97 Å². The molecule has 4 nitrogen and oxygen atoms in total. The summed E-state index contributed by atoms with van der Waals surface area (Å²) >= 11 is 0. The Balaban J connectivity index is 2.47. The van der Waals surface area contributed by atoms with Gasteiger partial charge in [-0.05, 0) is 6.92 Å². The highest BCUT2D eigenvalue weighted by molar-refractivity contribution is 7.85. The second-order valence-corrected chi connectivity index (χ2v) is 4.34. The van der Waals surface area contributed by atoms with Gasteiger partial charge in [0.2, 0.25) is 0 Å². The first-order chi connectivity index (χ1) is 6.33. The molecule has 0 bridgehead atoms. The van der Waals surface area contributed by atoms with Crippen LogP contribution in [0.15, 0.2) is 11.2 Å². The molecule has 1 atom stereocenters. The van der Waals surface area contributed by atoms with E-state index in [1.165, 1.54) is 6.33 Å². The summed E-state index contributed by atoms with van der Waals surface area (Å²) in [5.74, 6) is 1.43. The average Bonchev–Trinajstić information content (AvgIpc) is 2.50. The highest BCUT2D eigenvalue weighted by Crippen LogP contribution is 2.26. The van der Waals surface area contributed by atoms with Crippen molar-refractivity contribution in [1.29, 1.82) is 0 Å². The Morgan fingerprint density at radius 2 is 2.46 bits per heavy atom. The van der Waals surface area contributed by atoms with E-state index in [2.05, 4.69) is 15.3 Å². The Hall–Kier alpha value is -0.970. The summed E-state index contributed by atoms with van der Waals surface area (Å²) in [6.45, 7) is 2.78. The summed E-state index contributed by atoms with van der Waals surface area (Å²) in [4.78, 5) is 8.99. The number of anilines is 1. The molecule has 0 aromatic carbocycles. The molecule has 1 N–H and O–H groups in total.